The molecule has 2 aromatic carbocycles. The number of amides is 1. The lowest BCUT2D eigenvalue weighted by atomic mass is 10.1. The van der Waals surface area contributed by atoms with Crippen molar-refractivity contribution in [2.75, 3.05) is 43.1 Å². The Morgan fingerprint density at radius 1 is 1.14 bits per heavy atom. The van der Waals surface area contributed by atoms with E-state index in [0.29, 0.717) is 24.5 Å². The lowest BCUT2D eigenvalue weighted by molar-refractivity contribution is -0.118. The predicted molar refractivity (Wildman–Crippen MR) is 111 cm³/mol. The first kappa shape index (κ1) is 19.0. The molecule has 1 N–H and O–H groups in total. The van der Waals surface area contributed by atoms with Gasteiger partial charge < -0.3 is 24.1 Å². The number of aryl methyl sites for hydroxylation is 1. The van der Waals surface area contributed by atoms with Gasteiger partial charge in [-0.2, -0.15) is 0 Å². The number of anilines is 2. The van der Waals surface area contributed by atoms with Crippen molar-refractivity contribution in [2.45, 2.75) is 6.92 Å². The lowest BCUT2D eigenvalue weighted by Gasteiger charge is -2.30. The molecule has 1 aliphatic heterocycles. The van der Waals surface area contributed by atoms with Crippen molar-refractivity contribution in [1.29, 1.82) is 0 Å². The number of ether oxygens (including phenoxy) is 2. The molecule has 1 aromatic heterocycles. The fraction of sp³-hybridized carbons (Fsp3) is 0.273. The molecule has 1 aliphatic rings. The Labute approximate surface area is 167 Å². The Morgan fingerprint density at radius 2 is 1.93 bits per heavy atom. The molecule has 1 fully saturated rings. The SMILES string of the molecule is Cc1cc(=O)oc2cc(OCC(=O)Nc3ccccc3N3CCOCC3)ccc12. The standard InChI is InChI=1S/C22H22N2O5/c1-15-12-22(26)29-20-13-16(6-7-17(15)20)28-14-21(25)23-18-4-2-3-5-19(18)24-8-10-27-11-9-24/h2-7,12-13H,8-11,14H2,1H3,(H,23,25). The van der Waals surface area contributed by atoms with E-state index in [4.69, 9.17) is 13.9 Å². The molecule has 1 amide bonds. The molecular weight excluding hydrogens is 372 g/mol. The van der Waals surface area contributed by atoms with Crippen molar-refractivity contribution in [3.8, 4) is 5.75 Å². The average molecular weight is 394 g/mol. The molecule has 29 heavy (non-hydrogen) atoms. The van der Waals surface area contributed by atoms with E-state index in [1.807, 2.05) is 37.3 Å². The first-order valence-corrected chi connectivity index (χ1v) is 9.49. The van der Waals surface area contributed by atoms with Crippen LogP contribution in [0.15, 0.2) is 57.7 Å². The van der Waals surface area contributed by atoms with E-state index in [0.717, 1.165) is 35.4 Å². The fourth-order valence-corrected chi connectivity index (χ4v) is 3.39. The van der Waals surface area contributed by atoms with Gasteiger partial charge in [-0.05, 0) is 36.8 Å². The summed E-state index contributed by atoms with van der Waals surface area (Å²) >= 11 is 0. The zero-order valence-corrected chi connectivity index (χ0v) is 16.1. The van der Waals surface area contributed by atoms with Gasteiger partial charge in [0.05, 0.1) is 24.6 Å². The summed E-state index contributed by atoms with van der Waals surface area (Å²) in [6, 6.07) is 14.3. The van der Waals surface area contributed by atoms with Crippen molar-refractivity contribution < 1.29 is 18.7 Å². The summed E-state index contributed by atoms with van der Waals surface area (Å²) < 4.78 is 16.2. The second-order valence-electron chi connectivity index (χ2n) is 6.86. The Morgan fingerprint density at radius 3 is 2.76 bits per heavy atom. The van der Waals surface area contributed by atoms with Gasteiger partial charge in [-0.1, -0.05) is 12.1 Å². The van der Waals surface area contributed by atoms with E-state index >= 15 is 0 Å². The fourth-order valence-electron chi connectivity index (χ4n) is 3.39. The maximum Gasteiger partial charge on any atom is 0.336 e. The number of para-hydroxylation sites is 2. The topological polar surface area (TPSA) is 81.0 Å². The minimum absolute atomic E-state index is 0.154. The van der Waals surface area contributed by atoms with E-state index in [1.54, 1.807) is 12.1 Å². The Bertz CT molecular complexity index is 1090. The van der Waals surface area contributed by atoms with Crippen LogP contribution in [0.1, 0.15) is 5.56 Å². The minimum atomic E-state index is -0.412. The number of morpholine rings is 1. The number of hydrogen-bond acceptors (Lipinski definition) is 6. The van der Waals surface area contributed by atoms with Crippen LogP contribution in [0.2, 0.25) is 0 Å². The molecule has 7 nitrogen and oxygen atoms in total. The van der Waals surface area contributed by atoms with Crippen LogP contribution in [-0.4, -0.2) is 38.8 Å². The molecule has 0 atom stereocenters. The van der Waals surface area contributed by atoms with Crippen molar-refractivity contribution in [1.82, 2.24) is 0 Å². The largest absolute Gasteiger partial charge is 0.484 e. The summed E-state index contributed by atoms with van der Waals surface area (Å²) in [5.41, 5.74) is 2.56. The molecule has 3 aromatic rings. The van der Waals surface area contributed by atoms with Gasteiger partial charge in [0.1, 0.15) is 11.3 Å². The monoisotopic (exact) mass is 394 g/mol. The van der Waals surface area contributed by atoms with E-state index in [-0.39, 0.29) is 12.5 Å². The van der Waals surface area contributed by atoms with Gasteiger partial charge in [-0.25, -0.2) is 4.79 Å². The quantitative estimate of drug-likeness (QED) is 0.670. The minimum Gasteiger partial charge on any atom is -0.484 e. The highest BCUT2D eigenvalue weighted by atomic mass is 16.5. The molecule has 0 spiro atoms. The highest BCUT2D eigenvalue weighted by Gasteiger charge is 2.16. The van der Waals surface area contributed by atoms with Gasteiger partial charge in [-0.3, -0.25) is 4.79 Å². The smallest absolute Gasteiger partial charge is 0.336 e. The molecule has 150 valence electrons. The van der Waals surface area contributed by atoms with Crippen molar-refractivity contribution in [3.63, 3.8) is 0 Å². The zero-order valence-electron chi connectivity index (χ0n) is 16.1. The van der Waals surface area contributed by atoms with Crippen LogP contribution >= 0.6 is 0 Å². The number of carbonyl (C=O) groups excluding carboxylic acids is 1. The summed E-state index contributed by atoms with van der Waals surface area (Å²) in [6.45, 7) is 4.60. The second kappa shape index (κ2) is 8.36. The van der Waals surface area contributed by atoms with Crippen LogP contribution in [0.4, 0.5) is 11.4 Å². The van der Waals surface area contributed by atoms with E-state index in [9.17, 15) is 9.59 Å². The van der Waals surface area contributed by atoms with E-state index in [1.165, 1.54) is 6.07 Å². The number of fused-ring (bicyclic) bond motifs is 1. The number of benzene rings is 2. The third-order valence-corrected chi connectivity index (χ3v) is 4.82. The average Bonchev–Trinajstić information content (AvgIpc) is 2.73. The van der Waals surface area contributed by atoms with Crippen molar-refractivity contribution >= 4 is 28.3 Å². The Kier molecular flexibility index (Phi) is 5.48. The third kappa shape index (κ3) is 4.41. The summed E-state index contributed by atoms with van der Waals surface area (Å²) in [7, 11) is 0. The first-order valence-electron chi connectivity index (χ1n) is 9.49. The summed E-state index contributed by atoms with van der Waals surface area (Å²) in [4.78, 5) is 26.2. The van der Waals surface area contributed by atoms with Crippen LogP contribution < -0.4 is 20.6 Å². The molecule has 0 radical (unpaired) electrons. The van der Waals surface area contributed by atoms with Gasteiger partial charge in [0, 0.05) is 30.6 Å². The highest BCUT2D eigenvalue weighted by molar-refractivity contribution is 5.95. The van der Waals surface area contributed by atoms with Crippen LogP contribution in [-0.2, 0) is 9.53 Å². The van der Waals surface area contributed by atoms with Gasteiger partial charge >= 0.3 is 5.63 Å². The van der Waals surface area contributed by atoms with E-state index in [2.05, 4.69) is 10.2 Å². The molecule has 0 bridgehead atoms. The van der Waals surface area contributed by atoms with Crippen LogP contribution in [0, 0.1) is 6.92 Å². The Hall–Kier alpha value is -3.32. The molecule has 0 aliphatic carbocycles. The normalized spacial score (nSPS) is 14.0. The maximum atomic E-state index is 12.4. The number of nitrogens with zero attached hydrogens (tertiary/aromatic N) is 1. The Balaban J connectivity index is 1.43. The molecule has 0 saturated carbocycles. The lowest BCUT2D eigenvalue weighted by Crippen LogP contribution is -2.36. The number of carbonyl (C=O) groups is 1. The highest BCUT2D eigenvalue weighted by Crippen LogP contribution is 2.26. The predicted octanol–water partition coefficient (Wildman–Crippen LogP) is 2.96. The van der Waals surface area contributed by atoms with Crippen LogP contribution in [0.3, 0.4) is 0 Å². The first-order chi connectivity index (χ1) is 14.1. The second-order valence-corrected chi connectivity index (χ2v) is 6.86. The van der Waals surface area contributed by atoms with Gasteiger partial charge in [0.15, 0.2) is 6.61 Å². The number of hydrogen-bond donors (Lipinski definition) is 1. The molecule has 2 heterocycles. The third-order valence-electron chi connectivity index (χ3n) is 4.82. The van der Waals surface area contributed by atoms with Gasteiger partial charge in [-0.15, -0.1) is 0 Å². The van der Waals surface area contributed by atoms with Crippen LogP contribution in [0.5, 0.6) is 5.75 Å². The van der Waals surface area contributed by atoms with Gasteiger partial charge in [0.2, 0.25) is 0 Å². The molecule has 0 unspecified atom stereocenters. The molecule has 7 heteroatoms. The van der Waals surface area contributed by atoms with Crippen molar-refractivity contribution in [2.24, 2.45) is 0 Å². The van der Waals surface area contributed by atoms with E-state index < -0.39 is 5.63 Å². The summed E-state index contributed by atoms with van der Waals surface area (Å²) in [5, 5.41) is 3.75. The summed E-state index contributed by atoms with van der Waals surface area (Å²) in [6.07, 6.45) is 0. The molecule has 1 saturated heterocycles. The molecule has 4 rings (SSSR count). The van der Waals surface area contributed by atoms with Crippen LogP contribution in [0.25, 0.3) is 11.0 Å². The summed E-state index contributed by atoms with van der Waals surface area (Å²) in [5.74, 6) is 0.194. The number of rotatable bonds is 5. The van der Waals surface area contributed by atoms with Crippen molar-refractivity contribution in [3.05, 3.63) is 64.5 Å². The zero-order chi connectivity index (χ0) is 20.2. The van der Waals surface area contributed by atoms with Gasteiger partial charge in [0.25, 0.3) is 5.91 Å². The maximum absolute atomic E-state index is 12.4. The molecular formula is C22H22N2O5. The number of nitrogens with one attached hydrogen (secondary N) is 1.